The SMILES string of the molecule is O=C(NCC1(CC(=O)N2CCCC(C(=O)O)C2)CCC1)OCC1c2ccccc2-c2ccccc21. The molecule has 1 heterocycles. The molecule has 7 nitrogen and oxygen atoms in total. The van der Waals surface area contributed by atoms with Gasteiger partial charge in [0, 0.05) is 32.0 Å². The van der Waals surface area contributed by atoms with E-state index in [4.69, 9.17) is 4.74 Å². The van der Waals surface area contributed by atoms with Crippen molar-refractivity contribution in [1.29, 1.82) is 0 Å². The van der Waals surface area contributed by atoms with Gasteiger partial charge in [0.15, 0.2) is 0 Å². The van der Waals surface area contributed by atoms with Crippen molar-refractivity contribution >= 4 is 18.0 Å². The van der Waals surface area contributed by atoms with Crippen LogP contribution in [0.3, 0.4) is 0 Å². The van der Waals surface area contributed by atoms with E-state index in [2.05, 4.69) is 29.6 Å². The van der Waals surface area contributed by atoms with Crippen LogP contribution >= 0.6 is 0 Å². The van der Waals surface area contributed by atoms with Gasteiger partial charge < -0.3 is 20.1 Å². The summed E-state index contributed by atoms with van der Waals surface area (Å²) in [6, 6.07) is 16.5. The molecule has 2 N–H and O–H groups in total. The highest BCUT2D eigenvalue weighted by Crippen LogP contribution is 2.45. The zero-order valence-electron chi connectivity index (χ0n) is 19.9. The number of carboxylic acid groups (broad SMARTS) is 1. The van der Waals surface area contributed by atoms with E-state index >= 15 is 0 Å². The van der Waals surface area contributed by atoms with Crippen LogP contribution < -0.4 is 5.32 Å². The molecule has 0 spiro atoms. The summed E-state index contributed by atoms with van der Waals surface area (Å²) in [7, 11) is 0. The fourth-order valence-corrected chi connectivity index (χ4v) is 5.84. The van der Waals surface area contributed by atoms with E-state index < -0.39 is 18.0 Å². The minimum absolute atomic E-state index is 0.00803. The first-order valence-electron chi connectivity index (χ1n) is 12.6. The molecule has 2 fully saturated rings. The van der Waals surface area contributed by atoms with Gasteiger partial charge in [0.25, 0.3) is 0 Å². The van der Waals surface area contributed by atoms with Gasteiger partial charge in [-0.1, -0.05) is 55.0 Å². The molecule has 2 aromatic carbocycles. The van der Waals surface area contributed by atoms with Gasteiger partial charge >= 0.3 is 12.1 Å². The number of amides is 2. The standard InChI is InChI=1S/C28H32N2O5/c31-25(30-14-5-7-19(16-30)26(32)33)15-28(12-6-13-28)18-29-27(34)35-17-24-22-10-3-1-8-20(22)21-9-2-4-11-23(21)24/h1-4,8-11,19,24H,5-7,12-18H2,(H,29,34)(H,32,33). The lowest BCUT2D eigenvalue weighted by Gasteiger charge is -2.43. The Bertz CT molecular complexity index is 1080. The predicted octanol–water partition coefficient (Wildman–Crippen LogP) is 4.41. The molecule has 0 radical (unpaired) electrons. The van der Waals surface area contributed by atoms with Crippen molar-refractivity contribution in [2.24, 2.45) is 11.3 Å². The number of carboxylic acids is 1. The zero-order valence-corrected chi connectivity index (χ0v) is 19.9. The zero-order chi connectivity index (χ0) is 24.4. The number of ether oxygens (including phenoxy) is 1. The first-order chi connectivity index (χ1) is 17.0. The van der Waals surface area contributed by atoms with E-state index in [0.717, 1.165) is 19.3 Å². The van der Waals surface area contributed by atoms with Gasteiger partial charge in [-0.25, -0.2) is 4.79 Å². The van der Waals surface area contributed by atoms with E-state index in [-0.39, 0.29) is 30.4 Å². The van der Waals surface area contributed by atoms with Gasteiger partial charge in [-0.05, 0) is 53.4 Å². The second-order valence-corrected chi connectivity index (χ2v) is 10.2. The fraction of sp³-hybridized carbons (Fsp3) is 0.464. The molecule has 184 valence electrons. The Hall–Kier alpha value is -3.35. The maximum absolute atomic E-state index is 12.9. The van der Waals surface area contributed by atoms with Crippen LogP contribution in [-0.2, 0) is 14.3 Å². The van der Waals surface area contributed by atoms with Crippen LogP contribution in [0.4, 0.5) is 4.79 Å². The topological polar surface area (TPSA) is 95.9 Å². The van der Waals surface area contributed by atoms with E-state index in [0.29, 0.717) is 32.4 Å². The molecule has 1 atom stereocenters. The summed E-state index contributed by atoms with van der Waals surface area (Å²) in [5, 5.41) is 12.2. The Morgan fingerprint density at radius 1 is 1.00 bits per heavy atom. The summed E-state index contributed by atoms with van der Waals surface area (Å²) in [6.07, 6.45) is 3.98. The van der Waals surface area contributed by atoms with E-state index in [1.807, 2.05) is 24.3 Å². The minimum atomic E-state index is -0.835. The van der Waals surface area contributed by atoms with Crippen LogP contribution in [0.5, 0.6) is 0 Å². The summed E-state index contributed by atoms with van der Waals surface area (Å²) in [5.41, 5.74) is 4.45. The molecule has 5 rings (SSSR count). The van der Waals surface area contributed by atoms with Crippen LogP contribution in [0.15, 0.2) is 48.5 Å². The third-order valence-corrected chi connectivity index (χ3v) is 8.02. The third-order valence-electron chi connectivity index (χ3n) is 8.02. The summed E-state index contributed by atoms with van der Waals surface area (Å²) >= 11 is 0. The van der Waals surface area contributed by atoms with Gasteiger partial charge in [-0.15, -0.1) is 0 Å². The number of rotatable bonds is 7. The van der Waals surface area contributed by atoms with Crippen LogP contribution in [-0.4, -0.2) is 54.2 Å². The first kappa shape index (κ1) is 23.4. The van der Waals surface area contributed by atoms with Crippen molar-refractivity contribution in [2.75, 3.05) is 26.2 Å². The Balaban J connectivity index is 1.15. The van der Waals surface area contributed by atoms with Gasteiger partial charge in [0.05, 0.1) is 5.92 Å². The molecule has 2 aliphatic carbocycles. The number of piperidine rings is 1. The molecule has 3 aliphatic rings. The maximum Gasteiger partial charge on any atom is 0.407 e. The summed E-state index contributed by atoms with van der Waals surface area (Å²) in [5.74, 6) is -1.32. The van der Waals surface area contributed by atoms with E-state index in [1.165, 1.54) is 22.3 Å². The molecular weight excluding hydrogens is 444 g/mol. The molecule has 0 aromatic heterocycles. The predicted molar refractivity (Wildman–Crippen MR) is 131 cm³/mol. The molecule has 2 aromatic rings. The van der Waals surface area contributed by atoms with Crippen molar-refractivity contribution in [3.63, 3.8) is 0 Å². The molecule has 1 aliphatic heterocycles. The normalized spacial score (nSPS) is 20.3. The number of nitrogens with one attached hydrogen (secondary N) is 1. The Labute approximate surface area is 205 Å². The monoisotopic (exact) mass is 476 g/mol. The second-order valence-electron chi connectivity index (χ2n) is 10.2. The second kappa shape index (κ2) is 9.72. The number of carbonyl (C=O) groups is 3. The number of nitrogens with zero attached hydrogens (tertiary/aromatic N) is 1. The number of hydrogen-bond acceptors (Lipinski definition) is 4. The smallest absolute Gasteiger partial charge is 0.407 e. The number of carbonyl (C=O) groups excluding carboxylic acids is 2. The molecule has 1 unspecified atom stereocenters. The fourth-order valence-electron chi connectivity index (χ4n) is 5.84. The van der Waals surface area contributed by atoms with Crippen LogP contribution in [0.25, 0.3) is 11.1 Å². The van der Waals surface area contributed by atoms with Gasteiger partial charge in [0.1, 0.15) is 6.61 Å². The molecular formula is C28H32N2O5. The van der Waals surface area contributed by atoms with Gasteiger partial charge in [0.2, 0.25) is 5.91 Å². The molecule has 7 heteroatoms. The lowest BCUT2D eigenvalue weighted by molar-refractivity contribution is -0.146. The lowest BCUT2D eigenvalue weighted by atomic mass is 9.66. The quantitative estimate of drug-likeness (QED) is 0.617. The molecule has 1 saturated heterocycles. The van der Waals surface area contributed by atoms with Crippen LogP contribution in [0.2, 0.25) is 0 Å². The molecule has 1 saturated carbocycles. The Morgan fingerprint density at radius 2 is 1.66 bits per heavy atom. The highest BCUT2D eigenvalue weighted by atomic mass is 16.5. The number of alkyl carbamates (subject to hydrolysis) is 1. The molecule has 2 amide bonds. The summed E-state index contributed by atoms with van der Waals surface area (Å²) in [6.45, 7) is 1.55. The largest absolute Gasteiger partial charge is 0.481 e. The van der Waals surface area contributed by atoms with Crippen LogP contribution in [0, 0.1) is 11.3 Å². The highest BCUT2D eigenvalue weighted by Gasteiger charge is 2.41. The summed E-state index contributed by atoms with van der Waals surface area (Å²) in [4.78, 5) is 38.6. The van der Waals surface area contributed by atoms with Crippen LogP contribution in [0.1, 0.15) is 55.6 Å². The summed E-state index contributed by atoms with van der Waals surface area (Å²) < 4.78 is 5.65. The Kier molecular flexibility index (Phi) is 6.50. The number of hydrogen-bond donors (Lipinski definition) is 2. The highest BCUT2D eigenvalue weighted by molar-refractivity contribution is 5.80. The lowest BCUT2D eigenvalue weighted by Crippen LogP contribution is -2.48. The number of aliphatic carboxylic acids is 1. The van der Waals surface area contributed by atoms with Crippen molar-refractivity contribution in [1.82, 2.24) is 10.2 Å². The Morgan fingerprint density at radius 3 is 2.26 bits per heavy atom. The van der Waals surface area contributed by atoms with Crippen molar-refractivity contribution in [3.8, 4) is 11.1 Å². The van der Waals surface area contributed by atoms with Crippen molar-refractivity contribution in [3.05, 3.63) is 59.7 Å². The van der Waals surface area contributed by atoms with Crippen molar-refractivity contribution < 1.29 is 24.2 Å². The molecule has 0 bridgehead atoms. The van der Waals surface area contributed by atoms with Gasteiger partial charge in [-0.3, -0.25) is 9.59 Å². The average Bonchev–Trinajstić information content (AvgIpc) is 3.18. The average molecular weight is 477 g/mol. The maximum atomic E-state index is 12.9. The minimum Gasteiger partial charge on any atom is -0.481 e. The third kappa shape index (κ3) is 4.77. The van der Waals surface area contributed by atoms with Crippen molar-refractivity contribution in [2.45, 2.75) is 44.4 Å². The first-order valence-corrected chi connectivity index (χ1v) is 12.6. The van der Waals surface area contributed by atoms with E-state index in [9.17, 15) is 19.5 Å². The van der Waals surface area contributed by atoms with E-state index in [1.54, 1.807) is 4.90 Å². The molecule has 35 heavy (non-hydrogen) atoms. The number of likely N-dealkylation sites (tertiary alicyclic amines) is 1. The number of fused-ring (bicyclic) bond motifs is 3. The van der Waals surface area contributed by atoms with Gasteiger partial charge in [-0.2, -0.15) is 0 Å². The number of benzene rings is 2.